The summed E-state index contributed by atoms with van der Waals surface area (Å²) >= 11 is 7.52. The van der Waals surface area contributed by atoms with Crippen molar-refractivity contribution >= 4 is 40.7 Å². The smallest absolute Gasteiger partial charge is 0.338 e. The third-order valence-electron chi connectivity index (χ3n) is 6.86. The molecule has 212 valence electrons. The van der Waals surface area contributed by atoms with Crippen LogP contribution >= 0.6 is 22.9 Å². The molecule has 0 saturated heterocycles. The zero-order chi connectivity index (χ0) is 29.8. The summed E-state index contributed by atoms with van der Waals surface area (Å²) in [4.78, 5) is 33.1. The highest BCUT2D eigenvalue weighted by Gasteiger charge is 2.35. The van der Waals surface area contributed by atoms with Crippen LogP contribution in [-0.2, 0) is 9.53 Å². The second kappa shape index (κ2) is 12.6. The van der Waals surface area contributed by atoms with Crippen molar-refractivity contribution in [2.45, 2.75) is 32.7 Å². The molecule has 1 aromatic heterocycles. The summed E-state index contributed by atoms with van der Waals surface area (Å²) in [6.07, 6.45) is 7.12. The van der Waals surface area contributed by atoms with Crippen LogP contribution in [0.2, 0.25) is 5.02 Å². The lowest BCUT2D eigenvalue weighted by Crippen LogP contribution is -2.40. The lowest BCUT2D eigenvalue weighted by molar-refractivity contribution is -0.138. The van der Waals surface area contributed by atoms with E-state index in [4.69, 9.17) is 32.5 Å². The van der Waals surface area contributed by atoms with Gasteiger partial charge in [0.1, 0.15) is 12.4 Å². The number of thiazole rings is 1. The third kappa shape index (κ3) is 5.82. The van der Waals surface area contributed by atoms with E-state index >= 15 is 0 Å². The maximum atomic E-state index is 14.2. The van der Waals surface area contributed by atoms with Gasteiger partial charge in [0.25, 0.3) is 5.56 Å². The first kappa shape index (κ1) is 29.1. The van der Waals surface area contributed by atoms with Crippen LogP contribution in [0.3, 0.4) is 0 Å². The fraction of sp³-hybridized carbons (Fsp3) is 0.206. The highest BCUT2D eigenvalue weighted by molar-refractivity contribution is 7.07. The molecule has 0 amide bonds. The van der Waals surface area contributed by atoms with Crippen molar-refractivity contribution in [3.05, 3.63) is 125 Å². The molecule has 5 rings (SSSR count). The van der Waals surface area contributed by atoms with E-state index in [1.165, 1.54) is 11.3 Å². The lowest BCUT2D eigenvalue weighted by atomic mass is 9.91. The standard InChI is InChI=1S/C34H29ClN2O4S/c1-5-18-41-27-17-16-26(35)19-25(27)20-28-32(38)37-31(24-14-12-22(13-15-24)21(3)4)29(33(39)40-6-2)30(36-34(37)42-28)23-10-8-7-9-11-23/h1,7-17,19-21,31H,6,18H2,2-4H3/b28-20-/t31-/m0/s1. The number of aromatic nitrogens is 1. The summed E-state index contributed by atoms with van der Waals surface area (Å²) < 4.78 is 13.2. The fourth-order valence-corrected chi connectivity index (χ4v) is 6.02. The van der Waals surface area contributed by atoms with Crippen LogP contribution in [0.5, 0.6) is 5.75 Å². The van der Waals surface area contributed by atoms with E-state index in [2.05, 4.69) is 19.8 Å². The van der Waals surface area contributed by atoms with Crippen molar-refractivity contribution in [2.75, 3.05) is 13.2 Å². The van der Waals surface area contributed by atoms with Gasteiger partial charge >= 0.3 is 5.97 Å². The predicted molar refractivity (Wildman–Crippen MR) is 167 cm³/mol. The molecule has 0 saturated carbocycles. The van der Waals surface area contributed by atoms with Crippen LogP contribution in [0.1, 0.15) is 55.0 Å². The van der Waals surface area contributed by atoms with Crippen molar-refractivity contribution < 1.29 is 14.3 Å². The molecule has 2 heterocycles. The van der Waals surface area contributed by atoms with E-state index in [9.17, 15) is 9.59 Å². The number of carbonyl (C=O) groups excluding carboxylic acids is 1. The minimum Gasteiger partial charge on any atom is -0.480 e. The fourth-order valence-electron chi connectivity index (χ4n) is 4.84. The molecule has 4 aromatic rings. The number of fused-ring (bicyclic) bond motifs is 1. The number of halogens is 1. The number of esters is 1. The number of terminal acetylenes is 1. The van der Waals surface area contributed by atoms with E-state index in [1.807, 2.05) is 54.6 Å². The lowest BCUT2D eigenvalue weighted by Gasteiger charge is -2.26. The minimum atomic E-state index is -0.754. The molecule has 0 N–H and O–H groups in total. The summed E-state index contributed by atoms with van der Waals surface area (Å²) in [7, 11) is 0. The van der Waals surface area contributed by atoms with Crippen molar-refractivity contribution in [2.24, 2.45) is 4.99 Å². The summed E-state index contributed by atoms with van der Waals surface area (Å²) in [6.45, 7) is 6.25. The van der Waals surface area contributed by atoms with Gasteiger partial charge in [0.2, 0.25) is 0 Å². The Bertz CT molecular complexity index is 1880. The Hall–Kier alpha value is -4.38. The van der Waals surface area contributed by atoms with Gasteiger partial charge in [-0.25, -0.2) is 9.79 Å². The van der Waals surface area contributed by atoms with E-state index in [1.54, 1.807) is 35.8 Å². The molecule has 6 nitrogen and oxygen atoms in total. The van der Waals surface area contributed by atoms with Gasteiger partial charge in [-0.15, -0.1) is 6.42 Å². The molecule has 1 aliphatic heterocycles. The van der Waals surface area contributed by atoms with Gasteiger partial charge in [0, 0.05) is 16.1 Å². The largest absolute Gasteiger partial charge is 0.480 e. The van der Waals surface area contributed by atoms with Crippen LogP contribution in [-0.4, -0.2) is 23.8 Å². The molecule has 0 aliphatic carbocycles. The molecule has 0 spiro atoms. The van der Waals surface area contributed by atoms with E-state index in [0.29, 0.717) is 42.9 Å². The molecule has 42 heavy (non-hydrogen) atoms. The average molecular weight is 597 g/mol. The van der Waals surface area contributed by atoms with Crippen LogP contribution in [0, 0.1) is 12.3 Å². The maximum absolute atomic E-state index is 14.2. The summed E-state index contributed by atoms with van der Waals surface area (Å²) in [5, 5.41) is 0.487. The second-order valence-electron chi connectivity index (χ2n) is 9.93. The molecule has 0 fully saturated rings. The van der Waals surface area contributed by atoms with Gasteiger partial charge in [-0.2, -0.15) is 0 Å². The monoisotopic (exact) mass is 596 g/mol. The Morgan fingerprint density at radius 3 is 2.55 bits per heavy atom. The van der Waals surface area contributed by atoms with Crippen LogP contribution in [0.25, 0.3) is 11.8 Å². The highest BCUT2D eigenvalue weighted by atomic mass is 35.5. The van der Waals surface area contributed by atoms with Gasteiger partial charge in [-0.05, 0) is 48.2 Å². The summed E-state index contributed by atoms with van der Waals surface area (Å²) in [5.41, 5.74) is 3.76. The quantitative estimate of drug-likeness (QED) is 0.193. The molecule has 0 bridgehead atoms. The van der Waals surface area contributed by atoms with E-state index in [-0.39, 0.29) is 18.8 Å². The molecular formula is C34H29ClN2O4S. The Balaban J connectivity index is 1.80. The Morgan fingerprint density at radius 1 is 1.14 bits per heavy atom. The number of carbonyl (C=O) groups is 1. The first-order valence-electron chi connectivity index (χ1n) is 13.6. The van der Waals surface area contributed by atoms with Crippen molar-refractivity contribution in [1.29, 1.82) is 0 Å². The maximum Gasteiger partial charge on any atom is 0.338 e. The topological polar surface area (TPSA) is 69.9 Å². The van der Waals surface area contributed by atoms with Crippen LogP contribution < -0.4 is 19.6 Å². The zero-order valence-electron chi connectivity index (χ0n) is 23.5. The number of ether oxygens (including phenoxy) is 2. The van der Waals surface area contributed by atoms with Crippen molar-refractivity contribution in [3.8, 4) is 18.1 Å². The second-order valence-corrected chi connectivity index (χ2v) is 11.4. The number of nitrogens with zero attached hydrogens (tertiary/aromatic N) is 2. The van der Waals surface area contributed by atoms with Gasteiger partial charge in [-0.1, -0.05) is 97.3 Å². The average Bonchev–Trinajstić information content (AvgIpc) is 3.30. The van der Waals surface area contributed by atoms with Gasteiger partial charge < -0.3 is 9.47 Å². The van der Waals surface area contributed by atoms with Crippen molar-refractivity contribution in [3.63, 3.8) is 0 Å². The molecule has 0 radical (unpaired) electrons. The normalized spacial score (nSPS) is 14.8. The number of hydrogen-bond donors (Lipinski definition) is 0. The van der Waals surface area contributed by atoms with Crippen LogP contribution in [0.15, 0.2) is 88.2 Å². The Kier molecular flexibility index (Phi) is 8.77. The summed E-state index contributed by atoms with van der Waals surface area (Å²) in [5.74, 6) is 2.76. The first-order chi connectivity index (χ1) is 20.3. The number of benzene rings is 3. The molecule has 3 aromatic carbocycles. The number of rotatable bonds is 8. The molecule has 8 heteroatoms. The Morgan fingerprint density at radius 2 is 1.88 bits per heavy atom. The molecule has 1 aliphatic rings. The summed E-state index contributed by atoms with van der Waals surface area (Å²) in [6, 6.07) is 21.8. The van der Waals surface area contributed by atoms with E-state index < -0.39 is 12.0 Å². The van der Waals surface area contributed by atoms with Crippen molar-refractivity contribution in [1.82, 2.24) is 4.57 Å². The minimum absolute atomic E-state index is 0.0689. The van der Waals surface area contributed by atoms with Gasteiger partial charge in [-0.3, -0.25) is 9.36 Å². The highest BCUT2D eigenvalue weighted by Crippen LogP contribution is 2.35. The van der Waals surface area contributed by atoms with E-state index in [0.717, 1.165) is 16.7 Å². The predicted octanol–water partition coefficient (Wildman–Crippen LogP) is 5.72. The number of hydrogen-bond acceptors (Lipinski definition) is 6. The van der Waals surface area contributed by atoms with Crippen LogP contribution in [0.4, 0.5) is 0 Å². The molecule has 0 unspecified atom stereocenters. The Labute approximate surface area is 253 Å². The first-order valence-corrected chi connectivity index (χ1v) is 14.8. The SMILES string of the molecule is C#CCOc1ccc(Cl)cc1/C=c1\sc2n(c1=O)[C@@H](c1ccc(C(C)C)cc1)C(C(=O)OCC)=C(c1ccccc1)N=2. The molecule has 1 atom stereocenters. The van der Waals surface area contributed by atoms with Gasteiger partial charge in [0.15, 0.2) is 4.80 Å². The van der Waals surface area contributed by atoms with Gasteiger partial charge in [0.05, 0.1) is 28.5 Å². The third-order valence-corrected chi connectivity index (χ3v) is 8.08. The zero-order valence-corrected chi connectivity index (χ0v) is 25.0. The molecular weight excluding hydrogens is 568 g/mol.